The summed E-state index contributed by atoms with van der Waals surface area (Å²) in [5, 5.41) is 0. The van der Waals surface area contributed by atoms with E-state index in [9.17, 15) is 18.0 Å². The monoisotopic (exact) mass is 471 g/mol. The first-order valence-corrected chi connectivity index (χ1v) is 12.7. The highest BCUT2D eigenvalue weighted by Crippen LogP contribution is 2.28. The van der Waals surface area contributed by atoms with E-state index in [2.05, 4.69) is 10.9 Å². The van der Waals surface area contributed by atoms with Gasteiger partial charge in [0.25, 0.3) is 5.91 Å². The van der Waals surface area contributed by atoms with Crippen molar-refractivity contribution in [3.05, 3.63) is 59.2 Å². The van der Waals surface area contributed by atoms with Crippen molar-refractivity contribution in [3.8, 4) is 5.75 Å². The number of amides is 2. The molecule has 2 N–H and O–H groups in total. The number of ether oxygens (including phenoxy) is 1. The van der Waals surface area contributed by atoms with Crippen LogP contribution in [0.1, 0.15) is 36.0 Å². The minimum absolute atomic E-state index is 0.221. The predicted octanol–water partition coefficient (Wildman–Crippen LogP) is 2.11. The lowest BCUT2D eigenvalue weighted by molar-refractivity contribution is -0.132. The lowest BCUT2D eigenvalue weighted by Gasteiger charge is -2.30. The fraction of sp³-hybridized carbons (Fsp3) is 0.417. The molecule has 33 heavy (non-hydrogen) atoms. The smallest absolute Gasteiger partial charge is 0.276 e. The third-order valence-electron chi connectivity index (χ3n) is 6.22. The number of sulfonamides is 1. The maximum atomic E-state index is 13.0. The third-order valence-corrected chi connectivity index (χ3v) is 8.11. The Balaban J connectivity index is 1.23. The summed E-state index contributed by atoms with van der Waals surface area (Å²) >= 11 is 0. The first-order chi connectivity index (χ1) is 15.8. The van der Waals surface area contributed by atoms with Gasteiger partial charge in [-0.2, -0.15) is 4.31 Å². The Hall–Kier alpha value is -2.91. The number of carbonyl (C=O) groups is 2. The summed E-state index contributed by atoms with van der Waals surface area (Å²) in [4.78, 5) is 24.7. The van der Waals surface area contributed by atoms with Gasteiger partial charge in [-0.3, -0.25) is 20.4 Å². The number of aryl methyl sites for hydroxylation is 3. The molecule has 2 aliphatic rings. The van der Waals surface area contributed by atoms with Crippen molar-refractivity contribution >= 4 is 21.8 Å². The molecule has 1 aliphatic heterocycles. The summed E-state index contributed by atoms with van der Waals surface area (Å²) in [6.07, 6.45) is 3.78. The zero-order valence-corrected chi connectivity index (χ0v) is 19.5. The summed E-state index contributed by atoms with van der Waals surface area (Å²) in [6.45, 7) is 2.24. The van der Waals surface area contributed by atoms with Gasteiger partial charge < -0.3 is 4.74 Å². The van der Waals surface area contributed by atoms with Crippen LogP contribution in [-0.2, 0) is 32.5 Å². The van der Waals surface area contributed by atoms with Crippen molar-refractivity contribution in [1.29, 1.82) is 0 Å². The lowest BCUT2D eigenvalue weighted by Crippen LogP contribution is -2.49. The number of nitrogens with one attached hydrogen (secondary N) is 2. The second-order valence-corrected chi connectivity index (χ2v) is 10.5. The molecule has 9 heteroatoms. The molecule has 8 nitrogen and oxygen atoms in total. The van der Waals surface area contributed by atoms with Crippen LogP contribution in [0.3, 0.4) is 0 Å². The molecule has 0 aromatic heterocycles. The van der Waals surface area contributed by atoms with Crippen LogP contribution in [0, 0.1) is 12.8 Å². The number of piperidine rings is 1. The number of benzene rings is 2. The van der Waals surface area contributed by atoms with Gasteiger partial charge in [0, 0.05) is 19.0 Å². The SMILES string of the molecule is Cc1cccc(OCC(=O)NNC(=O)C2CCN(S(=O)(=O)c3ccc4c(c3)CCC4)CC2)c1. The van der Waals surface area contributed by atoms with Crippen molar-refractivity contribution in [1.82, 2.24) is 15.2 Å². The van der Waals surface area contributed by atoms with Gasteiger partial charge in [0.2, 0.25) is 15.9 Å². The van der Waals surface area contributed by atoms with E-state index in [-0.39, 0.29) is 31.5 Å². The van der Waals surface area contributed by atoms with Gasteiger partial charge in [-0.1, -0.05) is 18.2 Å². The molecule has 1 heterocycles. The quantitative estimate of drug-likeness (QED) is 0.628. The van der Waals surface area contributed by atoms with Crippen molar-refractivity contribution in [2.45, 2.75) is 43.9 Å². The Labute approximate surface area is 194 Å². The van der Waals surface area contributed by atoms with E-state index >= 15 is 0 Å². The molecule has 2 aromatic rings. The molecule has 2 amide bonds. The molecular weight excluding hydrogens is 442 g/mol. The highest BCUT2D eigenvalue weighted by Gasteiger charge is 2.32. The topological polar surface area (TPSA) is 105 Å². The summed E-state index contributed by atoms with van der Waals surface area (Å²) in [6, 6.07) is 12.7. The number of fused-ring (bicyclic) bond motifs is 1. The van der Waals surface area contributed by atoms with Gasteiger partial charge in [0.15, 0.2) is 6.61 Å². The number of nitrogens with zero attached hydrogens (tertiary/aromatic N) is 1. The summed E-state index contributed by atoms with van der Waals surface area (Å²) in [7, 11) is -3.58. The Kier molecular flexibility index (Phi) is 6.99. The number of hydrogen-bond acceptors (Lipinski definition) is 5. The molecule has 1 aliphatic carbocycles. The molecule has 176 valence electrons. The Morgan fingerprint density at radius 2 is 1.79 bits per heavy atom. The van der Waals surface area contributed by atoms with E-state index < -0.39 is 15.9 Å². The average molecular weight is 472 g/mol. The van der Waals surface area contributed by atoms with Gasteiger partial charge in [-0.25, -0.2) is 8.42 Å². The van der Waals surface area contributed by atoms with E-state index in [1.807, 2.05) is 31.2 Å². The van der Waals surface area contributed by atoms with Crippen molar-refractivity contribution < 1.29 is 22.7 Å². The fourth-order valence-corrected chi connectivity index (χ4v) is 5.86. The number of rotatable bonds is 6. The molecule has 1 saturated heterocycles. The van der Waals surface area contributed by atoms with E-state index in [4.69, 9.17) is 4.74 Å². The Morgan fingerprint density at radius 3 is 2.55 bits per heavy atom. The van der Waals surface area contributed by atoms with Gasteiger partial charge in [-0.15, -0.1) is 0 Å². The minimum Gasteiger partial charge on any atom is -0.484 e. The molecule has 0 atom stereocenters. The second kappa shape index (κ2) is 9.93. The first kappa shape index (κ1) is 23.3. The Bertz CT molecular complexity index is 1140. The van der Waals surface area contributed by atoms with Crippen molar-refractivity contribution in [3.63, 3.8) is 0 Å². The highest BCUT2D eigenvalue weighted by molar-refractivity contribution is 7.89. The molecule has 0 spiro atoms. The van der Waals surface area contributed by atoms with Gasteiger partial charge in [0.05, 0.1) is 4.90 Å². The van der Waals surface area contributed by atoms with E-state index in [0.717, 1.165) is 30.4 Å². The van der Waals surface area contributed by atoms with Crippen LogP contribution in [0.25, 0.3) is 0 Å². The summed E-state index contributed by atoms with van der Waals surface area (Å²) < 4.78 is 32.9. The number of carbonyl (C=O) groups excluding carboxylic acids is 2. The van der Waals surface area contributed by atoms with Gasteiger partial charge >= 0.3 is 0 Å². The van der Waals surface area contributed by atoms with Crippen LogP contribution in [0.4, 0.5) is 0 Å². The molecule has 1 fully saturated rings. The van der Waals surface area contributed by atoms with Crippen LogP contribution in [0.15, 0.2) is 47.4 Å². The highest BCUT2D eigenvalue weighted by atomic mass is 32.2. The molecule has 0 radical (unpaired) electrons. The van der Waals surface area contributed by atoms with Crippen LogP contribution in [0.2, 0.25) is 0 Å². The number of hydrazine groups is 1. The van der Waals surface area contributed by atoms with Crippen molar-refractivity contribution in [2.24, 2.45) is 5.92 Å². The lowest BCUT2D eigenvalue weighted by atomic mass is 9.98. The molecule has 0 saturated carbocycles. The fourth-order valence-electron chi connectivity index (χ4n) is 4.34. The van der Waals surface area contributed by atoms with Crippen molar-refractivity contribution in [2.75, 3.05) is 19.7 Å². The molecule has 4 rings (SSSR count). The van der Waals surface area contributed by atoms with E-state index in [1.54, 1.807) is 18.2 Å². The standard InChI is InChI=1S/C24H29N3O5S/c1-17-4-2-7-21(14-17)32-16-23(28)25-26-24(29)19-10-12-27(13-11-19)33(30,31)22-9-8-18-5-3-6-20(18)15-22/h2,4,7-9,14-15,19H,3,5-6,10-13,16H2,1H3,(H,25,28)(H,26,29). The summed E-state index contributed by atoms with van der Waals surface area (Å²) in [5.74, 6) is -0.585. The largest absolute Gasteiger partial charge is 0.484 e. The molecular formula is C24H29N3O5S. The van der Waals surface area contributed by atoms with Crippen LogP contribution < -0.4 is 15.6 Å². The van der Waals surface area contributed by atoms with Gasteiger partial charge in [-0.05, 0) is 80.0 Å². The average Bonchev–Trinajstić information content (AvgIpc) is 3.29. The Morgan fingerprint density at radius 1 is 1.03 bits per heavy atom. The molecule has 0 bridgehead atoms. The minimum atomic E-state index is -3.58. The van der Waals surface area contributed by atoms with Crippen LogP contribution in [0.5, 0.6) is 5.75 Å². The zero-order chi connectivity index (χ0) is 23.4. The maximum absolute atomic E-state index is 13.0. The molecule has 0 unspecified atom stereocenters. The normalized spacial score (nSPS) is 16.8. The zero-order valence-electron chi connectivity index (χ0n) is 18.7. The summed E-state index contributed by atoms with van der Waals surface area (Å²) in [5.41, 5.74) is 8.16. The predicted molar refractivity (Wildman–Crippen MR) is 123 cm³/mol. The number of hydrogen-bond donors (Lipinski definition) is 2. The first-order valence-electron chi connectivity index (χ1n) is 11.2. The molecule has 2 aromatic carbocycles. The van der Waals surface area contributed by atoms with Gasteiger partial charge in [0.1, 0.15) is 5.75 Å². The van der Waals surface area contributed by atoms with E-state index in [1.165, 1.54) is 9.87 Å². The second-order valence-electron chi connectivity index (χ2n) is 8.61. The van der Waals surface area contributed by atoms with E-state index in [0.29, 0.717) is 23.5 Å². The van der Waals surface area contributed by atoms with Crippen LogP contribution >= 0.6 is 0 Å². The maximum Gasteiger partial charge on any atom is 0.276 e. The van der Waals surface area contributed by atoms with Crippen LogP contribution in [-0.4, -0.2) is 44.2 Å². The third kappa shape index (κ3) is 5.54.